The Morgan fingerprint density at radius 2 is 1.89 bits per heavy atom. The monoisotopic (exact) mass is 494 g/mol. The van der Waals surface area contributed by atoms with Gasteiger partial charge in [0.25, 0.3) is 11.5 Å². The molecule has 10 heteroatoms. The molecular weight excluding hydrogens is 472 g/mol. The van der Waals surface area contributed by atoms with Crippen LogP contribution in [-0.4, -0.2) is 46.2 Å². The van der Waals surface area contributed by atoms with Crippen LogP contribution >= 0.6 is 11.6 Å². The number of hydrogen-bond donors (Lipinski definition) is 0. The lowest BCUT2D eigenvalue weighted by Gasteiger charge is -2.15. The standard InChI is InChI=1S/C25H23ClN4O5/c1-3-35-25(33)18-15-17-21(27-20-11-6-7-12-29(20)24(17)32)30(13-8-14-34-2)22(18)28-23(31)16-9-4-5-10-19(16)26/h4-7,9-12,15H,3,8,13-14H2,1-2H3. The maximum absolute atomic E-state index is 13.3. The lowest BCUT2D eigenvalue weighted by Crippen LogP contribution is -2.33. The molecule has 0 saturated carbocycles. The highest BCUT2D eigenvalue weighted by Gasteiger charge is 2.20. The van der Waals surface area contributed by atoms with Crippen molar-refractivity contribution in [3.63, 3.8) is 0 Å². The summed E-state index contributed by atoms with van der Waals surface area (Å²) in [4.78, 5) is 48.4. The molecule has 0 unspecified atom stereocenters. The van der Waals surface area contributed by atoms with Crippen molar-refractivity contribution in [3.8, 4) is 0 Å². The summed E-state index contributed by atoms with van der Waals surface area (Å²) >= 11 is 6.21. The fourth-order valence-electron chi connectivity index (χ4n) is 3.73. The number of hydrogen-bond acceptors (Lipinski definition) is 6. The van der Waals surface area contributed by atoms with E-state index in [0.29, 0.717) is 18.7 Å². The number of rotatable bonds is 7. The summed E-state index contributed by atoms with van der Waals surface area (Å²) in [7, 11) is 1.57. The lowest BCUT2D eigenvalue weighted by molar-refractivity contribution is 0.0523. The number of aryl methyl sites for hydroxylation is 1. The number of ether oxygens (including phenoxy) is 2. The maximum Gasteiger partial charge on any atom is 0.341 e. The van der Waals surface area contributed by atoms with Gasteiger partial charge in [0.2, 0.25) is 0 Å². The maximum atomic E-state index is 13.3. The number of halogens is 1. The first-order chi connectivity index (χ1) is 17.0. The number of benzene rings is 1. The second kappa shape index (κ2) is 10.6. The van der Waals surface area contributed by atoms with Crippen LogP contribution in [0, 0.1) is 0 Å². The fraction of sp³-hybridized carbons (Fsp3) is 0.240. The van der Waals surface area contributed by atoms with Crippen molar-refractivity contribution in [1.82, 2.24) is 14.0 Å². The molecule has 3 aromatic heterocycles. The molecule has 3 heterocycles. The summed E-state index contributed by atoms with van der Waals surface area (Å²) in [6, 6.07) is 13.1. The Bertz CT molecular complexity index is 1560. The van der Waals surface area contributed by atoms with E-state index in [1.54, 1.807) is 67.3 Å². The predicted octanol–water partition coefficient (Wildman–Crippen LogP) is 3.26. The molecule has 1 aromatic carbocycles. The first-order valence-corrected chi connectivity index (χ1v) is 11.4. The molecule has 0 N–H and O–H groups in total. The average Bonchev–Trinajstić information content (AvgIpc) is 2.85. The molecular formula is C25H23ClN4O5. The number of carbonyl (C=O) groups excluding carboxylic acids is 2. The number of aromatic nitrogens is 3. The molecule has 0 spiro atoms. The van der Waals surface area contributed by atoms with Crippen molar-refractivity contribution in [3.05, 3.63) is 86.7 Å². The number of nitrogens with zero attached hydrogens (tertiary/aromatic N) is 4. The quantitative estimate of drug-likeness (QED) is 0.222. The third-order valence-electron chi connectivity index (χ3n) is 5.33. The third-order valence-corrected chi connectivity index (χ3v) is 5.66. The molecule has 0 saturated heterocycles. The number of pyridine rings is 2. The van der Waals surface area contributed by atoms with E-state index in [2.05, 4.69) is 9.98 Å². The normalized spacial score (nSPS) is 11.8. The summed E-state index contributed by atoms with van der Waals surface area (Å²) in [6.45, 7) is 2.46. The van der Waals surface area contributed by atoms with Crippen LogP contribution in [0.3, 0.4) is 0 Å². The molecule has 4 aromatic rings. The molecule has 0 aliphatic heterocycles. The fourth-order valence-corrected chi connectivity index (χ4v) is 3.94. The largest absolute Gasteiger partial charge is 0.462 e. The number of fused-ring (bicyclic) bond motifs is 2. The summed E-state index contributed by atoms with van der Waals surface area (Å²) in [6.07, 6.45) is 2.11. The predicted molar refractivity (Wildman–Crippen MR) is 131 cm³/mol. The van der Waals surface area contributed by atoms with Crippen molar-refractivity contribution < 1.29 is 19.1 Å². The van der Waals surface area contributed by atoms with Crippen LogP contribution in [0.15, 0.2) is 64.5 Å². The van der Waals surface area contributed by atoms with Gasteiger partial charge in [-0.3, -0.25) is 14.0 Å². The molecule has 0 atom stereocenters. The Morgan fingerprint density at radius 3 is 2.63 bits per heavy atom. The molecule has 4 rings (SSSR count). The molecule has 0 bridgehead atoms. The van der Waals surface area contributed by atoms with Crippen molar-refractivity contribution in [2.75, 3.05) is 20.3 Å². The van der Waals surface area contributed by atoms with Crippen LogP contribution in [0.1, 0.15) is 34.1 Å². The van der Waals surface area contributed by atoms with E-state index in [1.807, 2.05) is 0 Å². The highest BCUT2D eigenvalue weighted by Crippen LogP contribution is 2.17. The van der Waals surface area contributed by atoms with Gasteiger partial charge in [-0.05, 0) is 43.7 Å². The smallest absolute Gasteiger partial charge is 0.341 e. The zero-order valence-corrected chi connectivity index (χ0v) is 20.0. The summed E-state index contributed by atoms with van der Waals surface area (Å²) in [5, 5.41) is 0.423. The first kappa shape index (κ1) is 24.3. The summed E-state index contributed by atoms with van der Waals surface area (Å²) < 4.78 is 13.4. The van der Waals surface area contributed by atoms with E-state index in [0.717, 1.165) is 0 Å². The van der Waals surface area contributed by atoms with Gasteiger partial charge in [0, 0.05) is 26.5 Å². The summed E-state index contributed by atoms with van der Waals surface area (Å²) in [5.74, 6) is -1.35. The van der Waals surface area contributed by atoms with Gasteiger partial charge in [-0.2, -0.15) is 4.99 Å². The van der Waals surface area contributed by atoms with E-state index in [-0.39, 0.29) is 51.4 Å². The molecule has 1 amide bonds. The number of methoxy groups -OCH3 is 1. The van der Waals surface area contributed by atoms with Gasteiger partial charge in [-0.25, -0.2) is 9.78 Å². The molecule has 0 aliphatic carbocycles. The van der Waals surface area contributed by atoms with Crippen molar-refractivity contribution in [1.29, 1.82) is 0 Å². The van der Waals surface area contributed by atoms with E-state index < -0.39 is 11.9 Å². The van der Waals surface area contributed by atoms with Gasteiger partial charge in [-0.1, -0.05) is 29.8 Å². The van der Waals surface area contributed by atoms with Crippen molar-refractivity contribution >= 4 is 40.2 Å². The SMILES string of the molecule is CCOC(=O)c1cc2c(=O)n3ccccc3nc2n(CCCOC)c1=NC(=O)c1ccccc1Cl. The number of amides is 1. The van der Waals surface area contributed by atoms with Crippen LogP contribution in [0.5, 0.6) is 0 Å². The zero-order valence-electron chi connectivity index (χ0n) is 19.2. The van der Waals surface area contributed by atoms with Gasteiger partial charge in [-0.15, -0.1) is 0 Å². The third kappa shape index (κ3) is 4.87. The topological polar surface area (TPSA) is 104 Å². The van der Waals surface area contributed by atoms with Crippen LogP contribution in [0.25, 0.3) is 16.7 Å². The first-order valence-electron chi connectivity index (χ1n) is 11.0. The Labute approximate surface area is 205 Å². The van der Waals surface area contributed by atoms with Gasteiger partial charge in [0.15, 0.2) is 5.49 Å². The van der Waals surface area contributed by atoms with E-state index in [9.17, 15) is 14.4 Å². The molecule has 35 heavy (non-hydrogen) atoms. The van der Waals surface area contributed by atoms with Gasteiger partial charge >= 0.3 is 5.97 Å². The second-order valence-electron chi connectivity index (χ2n) is 7.58. The summed E-state index contributed by atoms with van der Waals surface area (Å²) in [5.41, 5.74) is 0.532. The van der Waals surface area contributed by atoms with Crippen LogP contribution in [-0.2, 0) is 16.0 Å². The number of carbonyl (C=O) groups is 2. The Balaban J connectivity index is 2.10. The van der Waals surface area contributed by atoms with Crippen molar-refractivity contribution in [2.45, 2.75) is 19.9 Å². The van der Waals surface area contributed by atoms with Crippen LogP contribution in [0.2, 0.25) is 5.02 Å². The minimum atomic E-state index is -0.710. The lowest BCUT2D eigenvalue weighted by atomic mass is 10.2. The highest BCUT2D eigenvalue weighted by molar-refractivity contribution is 6.33. The molecule has 0 radical (unpaired) electrons. The van der Waals surface area contributed by atoms with Crippen LogP contribution < -0.4 is 11.0 Å². The second-order valence-corrected chi connectivity index (χ2v) is 7.99. The minimum Gasteiger partial charge on any atom is -0.462 e. The van der Waals surface area contributed by atoms with Crippen LogP contribution in [0.4, 0.5) is 0 Å². The molecule has 0 aliphatic rings. The Morgan fingerprint density at radius 1 is 1.11 bits per heavy atom. The average molecular weight is 495 g/mol. The Kier molecular flexibility index (Phi) is 7.38. The highest BCUT2D eigenvalue weighted by atomic mass is 35.5. The minimum absolute atomic E-state index is 0.0213. The van der Waals surface area contributed by atoms with Gasteiger partial charge < -0.3 is 14.0 Å². The molecule has 9 nitrogen and oxygen atoms in total. The van der Waals surface area contributed by atoms with E-state index >= 15 is 0 Å². The van der Waals surface area contributed by atoms with E-state index in [1.165, 1.54) is 10.5 Å². The van der Waals surface area contributed by atoms with Crippen molar-refractivity contribution in [2.24, 2.45) is 4.99 Å². The molecule has 0 fully saturated rings. The van der Waals surface area contributed by atoms with E-state index in [4.69, 9.17) is 21.1 Å². The van der Waals surface area contributed by atoms with Gasteiger partial charge in [0.1, 0.15) is 16.9 Å². The number of esters is 1. The Hall–Kier alpha value is -3.82. The molecule has 180 valence electrons. The van der Waals surface area contributed by atoms with Gasteiger partial charge in [0.05, 0.1) is 22.6 Å². The zero-order chi connectivity index (χ0) is 24.9.